The Hall–Kier alpha value is -2.29. The fourth-order valence-corrected chi connectivity index (χ4v) is 3.48. The van der Waals surface area contributed by atoms with Crippen LogP contribution >= 0.6 is 34.5 Å². The molecule has 7 nitrogen and oxygen atoms in total. The Labute approximate surface area is 156 Å². The topological polar surface area (TPSA) is 86.5 Å². The number of nitrogens with zero attached hydrogens (tertiary/aromatic N) is 2. The second-order valence-corrected chi connectivity index (χ2v) is 6.96. The molecule has 2 heterocycles. The summed E-state index contributed by atoms with van der Waals surface area (Å²) >= 11 is 12.9. The van der Waals surface area contributed by atoms with Gasteiger partial charge >= 0.3 is 6.01 Å². The van der Waals surface area contributed by atoms with Gasteiger partial charge in [-0.15, -0.1) is 16.4 Å². The largest absolute Gasteiger partial charge is 0.497 e. The molecule has 0 bridgehead atoms. The number of aromatic nitrogens is 2. The van der Waals surface area contributed by atoms with E-state index in [-0.39, 0.29) is 21.8 Å². The zero-order valence-corrected chi connectivity index (χ0v) is 15.3. The number of halogens is 2. The van der Waals surface area contributed by atoms with E-state index in [0.29, 0.717) is 21.4 Å². The summed E-state index contributed by atoms with van der Waals surface area (Å²) in [5.41, 5.74) is 0.766. The lowest BCUT2D eigenvalue weighted by Crippen LogP contribution is -2.11. The second-order valence-electron chi connectivity index (χ2n) is 4.67. The van der Waals surface area contributed by atoms with Crippen molar-refractivity contribution in [2.45, 2.75) is 0 Å². The summed E-state index contributed by atoms with van der Waals surface area (Å²) in [5, 5.41) is 10.2. The molecule has 0 aliphatic rings. The highest BCUT2D eigenvalue weighted by atomic mass is 35.5. The van der Waals surface area contributed by atoms with Gasteiger partial charge in [-0.2, -0.15) is 0 Å². The van der Waals surface area contributed by atoms with Crippen molar-refractivity contribution in [3.05, 3.63) is 38.5 Å². The number of nitrogens with one attached hydrogen (secondary N) is 1. The van der Waals surface area contributed by atoms with Gasteiger partial charge in [-0.3, -0.25) is 10.1 Å². The van der Waals surface area contributed by atoms with E-state index in [1.54, 1.807) is 25.3 Å². The maximum absolute atomic E-state index is 12.2. The number of anilines is 1. The third kappa shape index (κ3) is 3.71. The molecule has 3 aromatic rings. The first-order chi connectivity index (χ1) is 12.0. The van der Waals surface area contributed by atoms with Gasteiger partial charge in [0.15, 0.2) is 0 Å². The van der Waals surface area contributed by atoms with Crippen LogP contribution < -0.4 is 14.8 Å². The summed E-state index contributed by atoms with van der Waals surface area (Å²) in [7, 11) is 3.06. The lowest BCUT2D eigenvalue weighted by atomic mass is 10.2. The van der Waals surface area contributed by atoms with E-state index in [0.717, 1.165) is 11.3 Å². The molecule has 0 aliphatic carbocycles. The molecule has 0 saturated heterocycles. The van der Waals surface area contributed by atoms with Crippen LogP contribution in [-0.4, -0.2) is 30.3 Å². The first-order valence-corrected chi connectivity index (χ1v) is 8.41. The maximum Gasteiger partial charge on any atom is 0.322 e. The lowest BCUT2D eigenvalue weighted by Gasteiger charge is -2.07. The van der Waals surface area contributed by atoms with Crippen LogP contribution in [0.15, 0.2) is 28.7 Å². The van der Waals surface area contributed by atoms with Gasteiger partial charge in [-0.05, 0) is 24.3 Å². The average molecular weight is 400 g/mol. The van der Waals surface area contributed by atoms with E-state index in [1.165, 1.54) is 13.2 Å². The molecular formula is C15H11Cl2N3O4S. The number of hydrogen-bond acceptors (Lipinski definition) is 7. The predicted molar refractivity (Wildman–Crippen MR) is 95.1 cm³/mol. The summed E-state index contributed by atoms with van der Waals surface area (Å²) in [4.78, 5) is 12.2. The summed E-state index contributed by atoms with van der Waals surface area (Å²) < 4.78 is 16.6. The van der Waals surface area contributed by atoms with E-state index < -0.39 is 5.91 Å². The van der Waals surface area contributed by atoms with Gasteiger partial charge in [0.05, 0.1) is 29.7 Å². The zero-order valence-electron chi connectivity index (χ0n) is 13.0. The van der Waals surface area contributed by atoms with Crippen molar-refractivity contribution in [1.29, 1.82) is 0 Å². The van der Waals surface area contributed by atoms with Crippen LogP contribution in [0.2, 0.25) is 8.67 Å². The molecule has 0 spiro atoms. The highest BCUT2D eigenvalue weighted by molar-refractivity contribution is 7.20. The molecule has 10 heteroatoms. The second kappa shape index (κ2) is 7.30. The quantitative estimate of drug-likeness (QED) is 0.684. The van der Waals surface area contributed by atoms with Crippen LogP contribution in [0.4, 0.5) is 6.01 Å². The Morgan fingerprint density at radius 2 is 2.00 bits per heavy atom. The lowest BCUT2D eigenvalue weighted by molar-refractivity contribution is 0.102. The van der Waals surface area contributed by atoms with Crippen molar-refractivity contribution in [2.75, 3.05) is 19.5 Å². The Morgan fingerprint density at radius 3 is 2.64 bits per heavy atom. The van der Waals surface area contributed by atoms with Gasteiger partial charge in [0, 0.05) is 0 Å². The van der Waals surface area contributed by atoms with Gasteiger partial charge in [-0.25, -0.2) is 0 Å². The Morgan fingerprint density at radius 1 is 1.20 bits per heavy atom. The smallest absolute Gasteiger partial charge is 0.322 e. The molecule has 0 unspecified atom stereocenters. The zero-order chi connectivity index (χ0) is 18.0. The van der Waals surface area contributed by atoms with Gasteiger partial charge < -0.3 is 13.9 Å². The highest BCUT2D eigenvalue weighted by Crippen LogP contribution is 2.34. The third-order valence-corrected chi connectivity index (χ3v) is 4.67. The van der Waals surface area contributed by atoms with Crippen LogP contribution in [0, 0.1) is 0 Å². The van der Waals surface area contributed by atoms with Crippen molar-refractivity contribution >= 4 is 46.5 Å². The van der Waals surface area contributed by atoms with Crippen LogP contribution in [-0.2, 0) is 0 Å². The number of amides is 1. The maximum atomic E-state index is 12.2. The molecular weight excluding hydrogens is 389 g/mol. The number of ether oxygens (including phenoxy) is 2. The third-order valence-electron chi connectivity index (χ3n) is 3.18. The Kier molecular flexibility index (Phi) is 5.12. The number of carbonyl (C=O) groups excluding carboxylic acids is 1. The minimum Gasteiger partial charge on any atom is -0.497 e. The molecule has 0 saturated carbocycles. The SMILES string of the molecule is COc1ccc(OC)c(-c2nnc(NC(=O)c3cc(Cl)sc3Cl)o2)c1. The highest BCUT2D eigenvalue weighted by Gasteiger charge is 2.19. The minimum atomic E-state index is -0.499. The van der Waals surface area contributed by atoms with Crippen molar-refractivity contribution in [2.24, 2.45) is 0 Å². The number of rotatable bonds is 5. The number of benzene rings is 1. The molecule has 0 radical (unpaired) electrons. The fourth-order valence-electron chi connectivity index (χ4n) is 2.02. The molecule has 0 atom stereocenters. The van der Waals surface area contributed by atoms with E-state index >= 15 is 0 Å². The standard InChI is InChI=1S/C15H11Cl2N3O4S/c1-22-7-3-4-10(23-2)8(5-7)14-19-20-15(24-14)18-13(21)9-6-11(16)25-12(9)17/h3-6H,1-2H3,(H,18,20,21). The molecule has 1 amide bonds. The van der Waals surface area contributed by atoms with Crippen molar-refractivity contribution < 1.29 is 18.7 Å². The minimum absolute atomic E-state index is 0.0803. The molecule has 130 valence electrons. The molecule has 0 aliphatic heterocycles. The van der Waals surface area contributed by atoms with Gasteiger partial charge in [0.25, 0.3) is 11.8 Å². The predicted octanol–water partition coefficient (Wildman–Crippen LogP) is 4.37. The molecule has 1 aromatic carbocycles. The monoisotopic (exact) mass is 399 g/mol. The first-order valence-electron chi connectivity index (χ1n) is 6.84. The number of hydrogen-bond donors (Lipinski definition) is 1. The van der Waals surface area contributed by atoms with Gasteiger partial charge in [-0.1, -0.05) is 28.3 Å². The molecule has 3 rings (SSSR count). The van der Waals surface area contributed by atoms with E-state index in [2.05, 4.69) is 15.5 Å². The molecule has 25 heavy (non-hydrogen) atoms. The van der Waals surface area contributed by atoms with Gasteiger partial charge in [0.1, 0.15) is 15.8 Å². The van der Waals surface area contributed by atoms with Crippen LogP contribution in [0.3, 0.4) is 0 Å². The Balaban J connectivity index is 1.86. The van der Waals surface area contributed by atoms with Crippen molar-refractivity contribution in [3.8, 4) is 23.0 Å². The number of methoxy groups -OCH3 is 2. The summed E-state index contributed by atoms with van der Waals surface area (Å²) in [6.07, 6.45) is 0. The Bertz CT molecular complexity index is 925. The van der Waals surface area contributed by atoms with E-state index in [4.69, 9.17) is 37.1 Å². The summed E-state index contributed by atoms with van der Waals surface area (Å²) in [6, 6.07) is 6.52. The van der Waals surface area contributed by atoms with Gasteiger partial charge in [0.2, 0.25) is 0 Å². The molecule has 1 N–H and O–H groups in total. The van der Waals surface area contributed by atoms with Crippen molar-refractivity contribution in [3.63, 3.8) is 0 Å². The van der Waals surface area contributed by atoms with E-state index in [1.807, 2.05) is 0 Å². The van der Waals surface area contributed by atoms with Crippen LogP contribution in [0.25, 0.3) is 11.5 Å². The average Bonchev–Trinajstić information content (AvgIpc) is 3.20. The normalized spacial score (nSPS) is 10.6. The summed E-state index contributed by atoms with van der Waals surface area (Å²) in [5.74, 6) is 0.788. The van der Waals surface area contributed by atoms with Crippen LogP contribution in [0.1, 0.15) is 10.4 Å². The fraction of sp³-hybridized carbons (Fsp3) is 0.133. The van der Waals surface area contributed by atoms with Crippen LogP contribution in [0.5, 0.6) is 11.5 Å². The number of thiophene rings is 1. The number of carbonyl (C=O) groups is 1. The van der Waals surface area contributed by atoms with E-state index in [9.17, 15) is 4.79 Å². The molecule has 0 fully saturated rings. The van der Waals surface area contributed by atoms with Crippen molar-refractivity contribution in [1.82, 2.24) is 10.2 Å². The first kappa shape index (κ1) is 17.5. The summed E-state index contributed by atoms with van der Waals surface area (Å²) in [6.45, 7) is 0. The molecule has 2 aromatic heterocycles.